The Labute approximate surface area is 227 Å². The Morgan fingerprint density at radius 3 is 2.00 bits per heavy atom. The Morgan fingerprint density at radius 1 is 0.769 bits per heavy atom. The maximum absolute atomic E-state index is 12.6. The van der Waals surface area contributed by atoms with Crippen LogP contribution < -0.4 is 30.2 Å². The summed E-state index contributed by atoms with van der Waals surface area (Å²) in [6.45, 7) is 9.33. The predicted molar refractivity (Wildman–Crippen MR) is 155 cm³/mol. The first-order valence-electron chi connectivity index (χ1n) is 12.3. The van der Waals surface area contributed by atoms with Crippen molar-refractivity contribution in [3.05, 3.63) is 85.1 Å². The van der Waals surface area contributed by atoms with Gasteiger partial charge >= 0.3 is 6.03 Å². The van der Waals surface area contributed by atoms with Crippen LogP contribution in [0.15, 0.2) is 79.5 Å². The number of hydrogen-bond donors (Lipinski definition) is 3. The second kappa shape index (κ2) is 13.5. The molecule has 0 aliphatic carbocycles. The van der Waals surface area contributed by atoms with Gasteiger partial charge in [-0.05, 0) is 61.0 Å². The van der Waals surface area contributed by atoms with Gasteiger partial charge in [0.1, 0.15) is 11.5 Å². The maximum Gasteiger partial charge on any atom is 0.323 e. The zero-order valence-corrected chi connectivity index (χ0v) is 22.6. The number of benzene rings is 3. The number of hydrogen-bond acceptors (Lipinski definition) is 6. The van der Waals surface area contributed by atoms with Gasteiger partial charge in [0.05, 0.1) is 19.7 Å². The standard InChI is InChI=1S/C28H26N4O5.C2H6/c1-5-27(33)30-18-8-10-19(11-9-18)31-28(34)32-20-7-6-17(2)24(14-20)37-23-12-13-29-22-16-26(36-4)25(35-3)15-21(22)23;1-2/h5-16H,1H2,2-4H3,(H,30,33)(H2,31,32,34);1-2H3. The van der Waals surface area contributed by atoms with E-state index in [-0.39, 0.29) is 5.91 Å². The van der Waals surface area contributed by atoms with Gasteiger partial charge < -0.3 is 30.2 Å². The van der Waals surface area contributed by atoms with E-state index in [0.29, 0.717) is 45.6 Å². The van der Waals surface area contributed by atoms with E-state index in [1.165, 1.54) is 6.08 Å². The molecule has 4 aromatic rings. The van der Waals surface area contributed by atoms with E-state index >= 15 is 0 Å². The van der Waals surface area contributed by atoms with E-state index in [1.807, 2.05) is 32.9 Å². The predicted octanol–water partition coefficient (Wildman–Crippen LogP) is 7.15. The lowest BCUT2D eigenvalue weighted by atomic mass is 10.1. The van der Waals surface area contributed by atoms with Crippen molar-refractivity contribution in [2.75, 3.05) is 30.2 Å². The van der Waals surface area contributed by atoms with Crippen LogP contribution in [-0.2, 0) is 4.79 Å². The molecule has 39 heavy (non-hydrogen) atoms. The molecule has 1 heterocycles. The Kier molecular flexibility index (Phi) is 9.86. The fourth-order valence-electron chi connectivity index (χ4n) is 3.57. The summed E-state index contributed by atoms with van der Waals surface area (Å²) in [6.07, 6.45) is 2.84. The molecule has 3 amide bonds. The number of anilines is 3. The molecular formula is C30H32N4O5. The molecule has 4 rings (SSSR count). The number of carbonyl (C=O) groups excluding carboxylic acids is 2. The van der Waals surface area contributed by atoms with Crippen molar-refractivity contribution in [3.8, 4) is 23.0 Å². The topological polar surface area (TPSA) is 111 Å². The van der Waals surface area contributed by atoms with E-state index in [2.05, 4.69) is 27.5 Å². The lowest BCUT2D eigenvalue weighted by Crippen LogP contribution is -2.19. The third-order valence-corrected chi connectivity index (χ3v) is 5.47. The van der Waals surface area contributed by atoms with Crippen LogP contribution in [0.4, 0.5) is 21.9 Å². The molecular weight excluding hydrogens is 496 g/mol. The van der Waals surface area contributed by atoms with E-state index in [0.717, 1.165) is 10.9 Å². The van der Waals surface area contributed by atoms with Crippen molar-refractivity contribution in [1.29, 1.82) is 0 Å². The molecule has 3 aromatic carbocycles. The zero-order chi connectivity index (χ0) is 28.4. The van der Waals surface area contributed by atoms with Crippen LogP contribution >= 0.6 is 0 Å². The average molecular weight is 529 g/mol. The second-order valence-corrected chi connectivity index (χ2v) is 7.97. The summed E-state index contributed by atoms with van der Waals surface area (Å²) < 4.78 is 17.0. The molecule has 202 valence electrons. The number of ether oxygens (including phenoxy) is 3. The number of carbonyl (C=O) groups is 2. The summed E-state index contributed by atoms with van der Waals surface area (Å²) in [5.41, 5.74) is 3.27. The highest BCUT2D eigenvalue weighted by atomic mass is 16.5. The number of aromatic nitrogens is 1. The van der Waals surface area contributed by atoms with Crippen LogP contribution in [0.25, 0.3) is 10.9 Å². The molecule has 0 aliphatic rings. The molecule has 0 bridgehead atoms. The number of pyridine rings is 1. The van der Waals surface area contributed by atoms with E-state index < -0.39 is 6.03 Å². The van der Waals surface area contributed by atoms with Gasteiger partial charge in [0, 0.05) is 40.8 Å². The lowest BCUT2D eigenvalue weighted by molar-refractivity contribution is -0.111. The smallest absolute Gasteiger partial charge is 0.323 e. The number of nitrogens with zero attached hydrogens (tertiary/aromatic N) is 1. The van der Waals surface area contributed by atoms with Crippen LogP contribution in [-0.4, -0.2) is 31.1 Å². The molecule has 9 heteroatoms. The van der Waals surface area contributed by atoms with Crippen LogP contribution in [0.1, 0.15) is 19.4 Å². The van der Waals surface area contributed by atoms with Crippen LogP contribution in [0.2, 0.25) is 0 Å². The first kappa shape index (κ1) is 28.5. The minimum absolute atomic E-state index is 0.311. The van der Waals surface area contributed by atoms with Crippen LogP contribution in [0.5, 0.6) is 23.0 Å². The summed E-state index contributed by atoms with van der Waals surface area (Å²) in [4.78, 5) is 28.4. The third-order valence-electron chi connectivity index (χ3n) is 5.47. The SMILES string of the molecule is C=CC(=O)Nc1ccc(NC(=O)Nc2ccc(C)c(Oc3ccnc4cc(OC)c(OC)cc34)c2)cc1.CC. The summed E-state index contributed by atoms with van der Waals surface area (Å²) in [5.74, 6) is 1.98. The van der Waals surface area contributed by atoms with E-state index in [9.17, 15) is 9.59 Å². The van der Waals surface area contributed by atoms with Crippen molar-refractivity contribution < 1.29 is 23.8 Å². The normalized spacial score (nSPS) is 9.97. The van der Waals surface area contributed by atoms with Gasteiger partial charge in [0.2, 0.25) is 5.91 Å². The zero-order valence-electron chi connectivity index (χ0n) is 22.6. The first-order valence-corrected chi connectivity index (χ1v) is 12.3. The summed E-state index contributed by atoms with van der Waals surface area (Å²) in [5, 5.41) is 8.97. The van der Waals surface area contributed by atoms with E-state index in [1.54, 1.807) is 68.9 Å². The van der Waals surface area contributed by atoms with Gasteiger partial charge in [0.15, 0.2) is 11.5 Å². The molecule has 0 saturated heterocycles. The number of urea groups is 1. The van der Waals surface area contributed by atoms with Crippen LogP contribution in [0.3, 0.4) is 0 Å². The highest BCUT2D eigenvalue weighted by Crippen LogP contribution is 2.38. The van der Waals surface area contributed by atoms with Crippen LogP contribution in [0, 0.1) is 6.92 Å². The molecule has 0 atom stereocenters. The molecule has 0 aliphatic heterocycles. The third kappa shape index (κ3) is 7.26. The Hall–Kier alpha value is -5.05. The molecule has 1 aromatic heterocycles. The lowest BCUT2D eigenvalue weighted by Gasteiger charge is -2.15. The van der Waals surface area contributed by atoms with Gasteiger partial charge in [-0.25, -0.2) is 4.79 Å². The molecule has 0 spiro atoms. The van der Waals surface area contributed by atoms with Crippen molar-refractivity contribution in [1.82, 2.24) is 4.98 Å². The minimum Gasteiger partial charge on any atom is -0.493 e. The van der Waals surface area contributed by atoms with Gasteiger partial charge in [0.25, 0.3) is 0 Å². The first-order chi connectivity index (χ1) is 18.9. The largest absolute Gasteiger partial charge is 0.493 e. The summed E-state index contributed by atoms with van der Waals surface area (Å²) in [6, 6.07) is 17.0. The molecule has 9 nitrogen and oxygen atoms in total. The average Bonchev–Trinajstić information content (AvgIpc) is 2.96. The molecule has 0 saturated carbocycles. The van der Waals surface area contributed by atoms with E-state index in [4.69, 9.17) is 14.2 Å². The number of amides is 3. The van der Waals surface area contributed by atoms with Gasteiger partial charge in [-0.2, -0.15) is 0 Å². The fourth-order valence-corrected chi connectivity index (χ4v) is 3.57. The minimum atomic E-state index is -0.427. The van der Waals surface area contributed by atoms with Gasteiger partial charge in [-0.3, -0.25) is 9.78 Å². The van der Waals surface area contributed by atoms with Crippen molar-refractivity contribution in [2.45, 2.75) is 20.8 Å². The van der Waals surface area contributed by atoms with Crippen molar-refractivity contribution in [3.63, 3.8) is 0 Å². The maximum atomic E-state index is 12.6. The summed E-state index contributed by atoms with van der Waals surface area (Å²) >= 11 is 0. The Balaban J connectivity index is 0.00000205. The Morgan fingerprint density at radius 2 is 1.36 bits per heavy atom. The monoisotopic (exact) mass is 528 g/mol. The highest BCUT2D eigenvalue weighted by molar-refractivity contribution is 6.01. The quantitative estimate of drug-likeness (QED) is 0.210. The molecule has 0 fully saturated rings. The Bertz CT molecular complexity index is 1470. The molecule has 0 unspecified atom stereocenters. The van der Waals surface area contributed by atoms with Crippen molar-refractivity contribution in [2.24, 2.45) is 0 Å². The fraction of sp³-hybridized carbons (Fsp3) is 0.167. The summed E-state index contributed by atoms with van der Waals surface area (Å²) in [7, 11) is 3.14. The van der Waals surface area contributed by atoms with Gasteiger partial charge in [-0.1, -0.05) is 26.5 Å². The number of methoxy groups -OCH3 is 2. The van der Waals surface area contributed by atoms with Crippen molar-refractivity contribution >= 4 is 39.9 Å². The highest BCUT2D eigenvalue weighted by Gasteiger charge is 2.13. The number of aryl methyl sites for hydroxylation is 1. The number of rotatable bonds is 8. The second-order valence-electron chi connectivity index (χ2n) is 7.97. The molecule has 3 N–H and O–H groups in total. The number of nitrogens with one attached hydrogen (secondary N) is 3. The molecule has 0 radical (unpaired) electrons. The number of fused-ring (bicyclic) bond motifs is 1. The van der Waals surface area contributed by atoms with Gasteiger partial charge in [-0.15, -0.1) is 0 Å².